The molecule has 7 nitrogen and oxygen atoms in total. The van der Waals surface area contributed by atoms with Crippen LogP contribution in [0.3, 0.4) is 0 Å². The van der Waals surface area contributed by atoms with Gasteiger partial charge in [0, 0.05) is 25.0 Å². The van der Waals surface area contributed by atoms with Gasteiger partial charge in [-0.25, -0.2) is 9.59 Å². The van der Waals surface area contributed by atoms with Crippen molar-refractivity contribution in [3.8, 4) is 0 Å². The van der Waals surface area contributed by atoms with E-state index in [-0.39, 0.29) is 12.0 Å². The van der Waals surface area contributed by atoms with E-state index in [0.717, 1.165) is 5.56 Å². The molecule has 0 radical (unpaired) electrons. The number of rotatable bonds is 4. The molecule has 0 unspecified atom stereocenters. The number of piperidine rings is 1. The van der Waals surface area contributed by atoms with Crippen LogP contribution in [0.15, 0.2) is 42.6 Å². The molecule has 1 aromatic heterocycles. The first-order valence-corrected chi connectivity index (χ1v) is 9.40. The van der Waals surface area contributed by atoms with Crippen molar-refractivity contribution in [2.45, 2.75) is 32.3 Å². The third-order valence-corrected chi connectivity index (χ3v) is 4.98. The summed E-state index contributed by atoms with van der Waals surface area (Å²) in [4.78, 5) is 30.2. The minimum absolute atomic E-state index is 0.233. The highest BCUT2D eigenvalue weighted by molar-refractivity contribution is 5.92. The Hall–Kier alpha value is -2.93. The molecule has 0 saturated carbocycles. The lowest BCUT2D eigenvalue weighted by Gasteiger charge is -2.38. The fourth-order valence-electron chi connectivity index (χ4n) is 3.40. The van der Waals surface area contributed by atoms with Crippen molar-refractivity contribution in [1.82, 2.24) is 9.88 Å². The molecule has 1 aliphatic rings. The predicted octanol–water partition coefficient (Wildman–Crippen LogP) is 3.08. The molecule has 2 amide bonds. The summed E-state index contributed by atoms with van der Waals surface area (Å²) >= 11 is 0. The number of benzene rings is 1. The Kier molecular flexibility index (Phi) is 5.94. The van der Waals surface area contributed by atoms with Gasteiger partial charge in [-0.1, -0.05) is 6.07 Å². The van der Waals surface area contributed by atoms with Gasteiger partial charge in [-0.15, -0.1) is 0 Å². The summed E-state index contributed by atoms with van der Waals surface area (Å²) in [5, 5.41) is 13.8. The van der Waals surface area contributed by atoms with E-state index in [2.05, 4.69) is 10.3 Å². The molecule has 1 fully saturated rings. The molecule has 7 heteroatoms. The van der Waals surface area contributed by atoms with Crippen molar-refractivity contribution in [2.75, 3.05) is 25.0 Å². The average molecular weight is 383 g/mol. The Morgan fingerprint density at radius 3 is 2.50 bits per heavy atom. The molecule has 0 bridgehead atoms. The van der Waals surface area contributed by atoms with E-state index in [1.807, 2.05) is 19.1 Å². The van der Waals surface area contributed by atoms with Crippen LogP contribution < -0.4 is 5.32 Å². The maximum Gasteiger partial charge on any atom is 0.338 e. The largest absolute Gasteiger partial charge is 0.462 e. The summed E-state index contributed by atoms with van der Waals surface area (Å²) in [7, 11) is 0. The smallest absolute Gasteiger partial charge is 0.338 e. The topological polar surface area (TPSA) is 91.8 Å². The number of carbonyl (C=O) groups is 2. The Morgan fingerprint density at radius 2 is 1.89 bits per heavy atom. The van der Waals surface area contributed by atoms with Crippen molar-refractivity contribution >= 4 is 17.7 Å². The molecular weight excluding hydrogens is 358 g/mol. The van der Waals surface area contributed by atoms with E-state index in [4.69, 9.17) is 4.74 Å². The predicted molar refractivity (Wildman–Crippen MR) is 105 cm³/mol. The van der Waals surface area contributed by atoms with Gasteiger partial charge in [-0.3, -0.25) is 4.98 Å². The van der Waals surface area contributed by atoms with Gasteiger partial charge in [0.2, 0.25) is 0 Å². The molecule has 148 valence electrons. The number of hydrogen-bond acceptors (Lipinski definition) is 5. The van der Waals surface area contributed by atoms with Crippen LogP contribution in [0, 0.1) is 6.92 Å². The molecule has 1 saturated heterocycles. The van der Waals surface area contributed by atoms with Gasteiger partial charge in [0.05, 0.1) is 17.9 Å². The fourth-order valence-corrected chi connectivity index (χ4v) is 3.40. The van der Waals surface area contributed by atoms with E-state index in [0.29, 0.717) is 49.5 Å². The molecule has 3 rings (SSSR count). The highest BCUT2D eigenvalue weighted by atomic mass is 16.5. The van der Waals surface area contributed by atoms with Gasteiger partial charge in [0.25, 0.3) is 0 Å². The van der Waals surface area contributed by atoms with E-state index >= 15 is 0 Å². The number of aromatic nitrogens is 1. The van der Waals surface area contributed by atoms with Gasteiger partial charge in [0.15, 0.2) is 0 Å². The van der Waals surface area contributed by atoms with Crippen LogP contribution in [0.4, 0.5) is 10.5 Å². The molecule has 2 heterocycles. The van der Waals surface area contributed by atoms with Crippen molar-refractivity contribution in [2.24, 2.45) is 0 Å². The normalized spacial score (nSPS) is 15.8. The summed E-state index contributed by atoms with van der Waals surface area (Å²) in [5.41, 5.74) is 1.66. The second-order valence-electron chi connectivity index (χ2n) is 6.92. The number of aryl methyl sites for hydroxylation is 1. The summed E-state index contributed by atoms with van der Waals surface area (Å²) in [5.74, 6) is -0.388. The van der Waals surface area contributed by atoms with Crippen molar-refractivity contribution in [3.05, 3.63) is 59.4 Å². The second kappa shape index (κ2) is 8.39. The van der Waals surface area contributed by atoms with Crippen LogP contribution in [-0.2, 0) is 10.3 Å². The maximum atomic E-state index is 12.5. The number of aliphatic hydroxyl groups is 1. The molecule has 0 atom stereocenters. The van der Waals surface area contributed by atoms with Crippen LogP contribution in [0.25, 0.3) is 0 Å². The lowest BCUT2D eigenvalue weighted by atomic mass is 9.86. The number of carbonyl (C=O) groups excluding carboxylic acids is 2. The summed E-state index contributed by atoms with van der Waals surface area (Å²) in [6.07, 6.45) is 2.54. The summed E-state index contributed by atoms with van der Waals surface area (Å²) < 4.78 is 4.95. The first-order chi connectivity index (χ1) is 13.4. The third kappa shape index (κ3) is 4.31. The van der Waals surface area contributed by atoms with Crippen LogP contribution >= 0.6 is 0 Å². The van der Waals surface area contributed by atoms with Gasteiger partial charge in [-0.2, -0.15) is 0 Å². The fraction of sp³-hybridized carbons (Fsp3) is 0.381. The number of amides is 2. The zero-order valence-corrected chi connectivity index (χ0v) is 16.1. The van der Waals surface area contributed by atoms with E-state index in [1.54, 1.807) is 42.3 Å². The van der Waals surface area contributed by atoms with E-state index in [9.17, 15) is 14.7 Å². The Balaban J connectivity index is 1.58. The van der Waals surface area contributed by atoms with Gasteiger partial charge in [-0.05, 0) is 62.6 Å². The number of ether oxygens (including phenoxy) is 1. The van der Waals surface area contributed by atoms with E-state index in [1.165, 1.54) is 0 Å². The Labute approximate surface area is 164 Å². The molecule has 0 aliphatic carbocycles. The summed E-state index contributed by atoms with van der Waals surface area (Å²) in [6, 6.07) is 10.1. The van der Waals surface area contributed by atoms with Crippen LogP contribution in [0.2, 0.25) is 0 Å². The molecule has 1 aliphatic heterocycles. The lowest BCUT2D eigenvalue weighted by Crippen LogP contribution is -2.47. The standard InChI is InChI=1S/C21H25N3O4/c1-3-28-19(25)16-6-8-17(9-7-16)23-20(26)24-13-10-21(27,11-14-24)18-15(2)5-4-12-22-18/h4-9,12,27H,3,10-11,13-14H2,1-2H3,(H,23,26). The minimum atomic E-state index is -1.01. The van der Waals surface area contributed by atoms with Crippen molar-refractivity contribution in [1.29, 1.82) is 0 Å². The number of likely N-dealkylation sites (tertiary alicyclic amines) is 1. The van der Waals surface area contributed by atoms with Crippen LogP contribution in [0.5, 0.6) is 0 Å². The van der Waals surface area contributed by atoms with Crippen molar-refractivity contribution in [3.63, 3.8) is 0 Å². The molecule has 1 aromatic carbocycles. The highest BCUT2D eigenvalue weighted by Gasteiger charge is 2.37. The first-order valence-electron chi connectivity index (χ1n) is 9.40. The van der Waals surface area contributed by atoms with Gasteiger partial charge < -0.3 is 20.1 Å². The third-order valence-electron chi connectivity index (χ3n) is 4.98. The lowest BCUT2D eigenvalue weighted by molar-refractivity contribution is -0.0198. The number of urea groups is 1. The number of pyridine rings is 1. The Bertz CT molecular complexity index is 843. The molecule has 2 N–H and O–H groups in total. The minimum Gasteiger partial charge on any atom is -0.462 e. The summed E-state index contributed by atoms with van der Waals surface area (Å²) in [6.45, 7) is 4.86. The van der Waals surface area contributed by atoms with Crippen LogP contribution in [-0.4, -0.2) is 46.7 Å². The quantitative estimate of drug-likeness (QED) is 0.792. The van der Waals surface area contributed by atoms with Gasteiger partial charge >= 0.3 is 12.0 Å². The zero-order chi connectivity index (χ0) is 20.1. The number of nitrogens with zero attached hydrogens (tertiary/aromatic N) is 2. The maximum absolute atomic E-state index is 12.5. The van der Waals surface area contributed by atoms with Gasteiger partial charge in [0.1, 0.15) is 5.60 Å². The Morgan fingerprint density at radius 1 is 1.21 bits per heavy atom. The zero-order valence-electron chi connectivity index (χ0n) is 16.1. The molecule has 2 aromatic rings. The second-order valence-corrected chi connectivity index (χ2v) is 6.92. The number of anilines is 1. The first kappa shape index (κ1) is 19.8. The highest BCUT2D eigenvalue weighted by Crippen LogP contribution is 2.33. The van der Waals surface area contributed by atoms with Crippen molar-refractivity contribution < 1.29 is 19.4 Å². The SMILES string of the molecule is CCOC(=O)c1ccc(NC(=O)N2CCC(O)(c3ncccc3C)CC2)cc1. The number of hydrogen-bond donors (Lipinski definition) is 2. The number of nitrogens with one attached hydrogen (secondary N) is 1. The van der Waals surface area contributed by atoms with E-state index < -0.39 is 5.60 Å². The monoisotopic (exact) mass is 383 g/mol. The average Bonchev–Trinajstić information content (AvgIpc) is 2.69. The molecular formula is C21H25N3O4. The van der Waals surface area contributed by atoms with Crippen LogP contribution in [0.1, 0.15) is 41.4 Å². The molecule has 28 heavy (non-hydrogen) atoms. The number of esters is 1. The molecule has 0 spiro atoms.